The van der Waals surface area contributed by atoms with Crippen molar-refractivity contribution in [2.75, 3.05) is 11.9 Å². The third-order valence-corrected chi connectivity index (χ3v) is 4.18. The van der Waals surface area contributed by atoms with E-state index in [1.807, 2.05) is 0 Å². The highest BCUT2D eigenvalue weighted by molar-refractivity contribution is 5.96. The van der Waals surface area contributed by atoms with Crippen molar-refractivity contribution in [3.8, 4) is 0 Å². The van der Waals surface area contributed by atoms with Crippen molar-refractivity contribution in [2.24, 2.45) is 0 Å². The summed E-state index contributed by atoms with van der Waals surface area (Å²) in [7, 11) is 0. The van der Waals surface area contributed by atoms with Crippen molar-refractivity contribution in [1.29, 1.82) is 0 Å². The van der Waals surface area contributed by atoms with Gasteiger partial charge in [0.05, 0.1) is 6.20 Å². The maximum atomic E-state index is 12.3. The molecule has 1 atom stereocenters. The normalized spacial score (nSPS) is 19.9. The molecule has 0 bridgehead atoms. The number of nitrogens with zero attached hydrogens (tertiary/aromatic N) is 3. The van der Waals surface area contributed by atoms with Crippen LogP contribution in [0.3, 0.4) is 0 Å². The molecule has 2 aliphatic heterocycles. The number of carbonyl (C=O) groups is 2. The minimum atomic E-state index is -0.417. The molecule has 1 unspecified atom stereocenters. The second-order valence-corrected chi connectivity index (χ2v) is 5.52. The third-order valence-electron chi connectivity index (χ3n) is 4.18. The molecule has 1 saturated heterocycles. The Labute approximate surface area is 118 Å². The number of aryl methyl sites for hydroxylation is 1. The highest BCUT2D eigenvalue weighted by atomic mass is 16.2. The summed E-state index contributed by atoms with van der Waals surface area (Å²) in [5.74, 6) is 1.73. The van der Waals surface area contributed by atoms with Gasteiger partial charge in [0.1, 0.15) is 17.7 Å². The molecular formula is C14H20N4O2. The Morgan fingerprint density at radius 2 is 2.15 bits per heavy atom. The van der Waals surface area contributed by atoms with Crippen LogP contribution in [0.25, 0.3) is 0 Å². The zero-order valence-corrected chi connectivity index (χ0v) is 11.8. The Bertz CT molecular complexity index is 537. The van der Waals surface area contributed by atoms with Crippen LogP contribution in [0.15, 0.2) is 6.20 Å². The van der Waals surface area contributed by atoms with Crippen molar-refractivity contribution in [3.05, 3.63) is 12.0 Å². The highest BCUT2D eigenvalue weighted by Crippen LogP contribution is 2.20. The molecule has 0 aliphatic carbocycles. The van der Waals surface area contributed by atoms with Crippen molar-refractivity contribution >= 4 is 17.6 Å². The molecule has 0 spiro atoms. The van der Waals surface area contributed by atoms with E-state index >= 15 is 0 Å². The number of hydrogen-bond donors (Lipinski definition) is 1. The van der Waals surface area contributed by atoms with Gasteiger partial charge in [0.25, 0.3) is 0 Å². The minimum Gasteiger partial charge on any atom is -0.331 e. The standard InChI is InChI=1S/C14H20N4O2/c1-10(17-8-4-6-13(17)19)14(20)16-12-9-15-11-5-2-3-7-18(11)12/h9-10H,2-8H2,1H3,(H,16,20). The SMILES string of the molecule is CC(C(=O)Nc1cnc2n1CCCC2)N1CCCC1=O. The van der Waals surface area contributed by atoms with Gasteiger partial charge >= 0.3 is 0 Å². The molecule has 1 aromatic heterocycles. The summed E-state index contributed by atoms with van der Waals surface area (Å²) in [6.07, 6.45) is 6.36. The van der Waals surface area contributed by atoms with Gasteiger partial charge in [-0.25, -0.2) is 4.98 Å². The first kappa shape index (κ1) is 13.1. The minimum absolute atomic E-state index is 0.0722. The van der Waals surface area contributed by atoms with Crippen LogP contribution in [0.1, 0.15) is 38.4 Å². The van der Waals surface area contributed by atoms with Crippen molar-refractivity contribution < 1.29 is 9.59 Å². The van der Waals surface area contributed by atoms with E-state index in [2.05, 4.69) is 14.9 Å². The Kier molecular flexibility index (Phi) is 3.46. The van der Waals surface area contributed by atoms with Gasteiger partial charge < -0.3 is 14.8 Å². The summed E-state index contributed by atoms with van der Waals surface area (Å²) < 4.78 is 2.07. The lowest BCUT2D eigenvalue weighted by molar-refractivity contribution is -0.134. The van der Waals surface area contributed by atoms with Gasteiger partial charge in [-0.15, -0.1) is 0 Å². The molecule has 3 heterocycles. The molecule has 1 N–H and O–H groups in total. The maximum Gasteiger partial charge on any atom is 0.248 e. The summed E-state index contributed by atoms with van der Waals surface area (Å²) in [5.41, 5.74) is 0. The number of imidazole rings is 1. The molecular weight excluding hydrogens is 256 g/mol. The number of likely N-dealkylation sites (tertiary alicyclic amines) is 1. The van der Waals surface area contributed by atoms with Crippen molar-refractivity contribution in [2.45, 2.75) is 51.6 Å². The summed E-state index contributed by atoms with van der Waals surface area (Å²) in [5, 5.41) is 2.91. The number of fused-ring (bicyclic) bond motifs is 1. The van der Waals surface area contributed by atoms with Crippen molar-refractivity contribution in [1.82, 2.24) is 14.5 Å². The molecule has 2 aliphatic rings. The third kappa shape index (κ3) is 2.30. The van der Waals surface area contributed by atoms with Gasteiger partial charge in [-0.3, -0.25) is 9.59 Å². The van der Waals surface area contributed by atoms with Gasteiger partial charge in [-0.1, -0.05) is 0 Å². The van der Waals surface area contributed by atoms with E-state index in [1.165, 1.54) is 0 Å². The summed E-state index contributed by atoms with van der Waals surface area (Å²) in [6.45, 7) is 3.37. The van der Waals surface area contributed by atoms with Crippen LogP contribution in [0.4, 0.5) is 5.82 Å². The number of carbonyl (C=O) groups excluding carboxylic acids is 2. The van der Waals surface area contributed by atoms with E-state index < -0.39 is 6.04 Å². The number of rotatable bonds is 3. The fourth-order valence-electron chi connectivity index (χ4n) is 2.97. The van der Waals surface area contributed by atoms with E-state index in [4.69, 9.17) is 0 Å². The lowest BCUT2D eigenvalue weighted by Crippen LogP contribution is -2.42. The monoisotopic (exact) mass is 276 g/mol. The van der Waals surface area contributed by atoms with E-state index in [0.29, 0.717) is 13.0 Å². The predicted molar refractivity (Wildman–Crippen MR) is 74.2 cm³/mol. The molecule has 1 aromatic rings. The van der Waals surface area contributed by atoms with Gasteiger partial charge in [0.2, 0.25) is 11.8 Å². The van der Waals surface area contributed by atoms with Gasteiger partial charge in [0, 0.05) is 25.9 Å². The summed E-state index contributed by atoms with van der Waals surface area (Å²) >= 11 is 0. The first-order valence-corrected chi connectivity index (χ1v) is 7.31. The fourth-order valence-corrected chi connectivity index (χ4v) is 2.97. The van der Waals surface area contributed by atoms with Crippen LogP contribution < -0.4 is 5.32 Å². The van der Waals surface area contributed by atoms with Crippen LogP contribution >= 0.6 is 0 Å². The van der Waals surface area contributed by atoms with E-state index in [0.717, 1.165) is 43.9 Å². The zero-order chi connectivity index (χ0) is 14.1. The van der Waals surface area contributed by atoms with Crippen LogP contribution in [0.2, 0.25) is 0 Å². The average Bonchev–Trinajstić information content (AvgIpc) is 3.05. The Hall–Kier alpha value is -1.85. The zero-order valence-electron chi connectivity index (χ0n) is 11.8. The Morgan fingerprint density at radius 1 is 1.30 bits per heavy atom. The van der Waals surface area contributed by atoms with E-state index in [1.54, 1.807) is 18.0 Å². The largest absolute Gasteiger partial charge is 0.331 e. The molecule has 3 rings (SSSR count). The van der Waals surface area contributed by atoms with E-state index in [-0.39, 0.29) is 11.8 Å². The molecule has 1 fully saturated rings. The van der Waals surface area contributed by atoms with Gasteiger partial charge in [0.15, 0.2) is 0 Å². The molecule has 2 amide bonds. The molecule has 20 heavy (non-hydrogen) atoms. The number of aromatic nitrogens is 2. The fraction of sp³-hybridized carbons (Fsp3) is 0.643. The molecule has 6 nitrogen and oxygen atoms in total. The molecule has 108 valence electrons. The first-order valence-electron chi connectivity index (χ1n) is 7.31. The van der Waals surface area contributed by atoms with Gasteiger partial charge in [-0.05, 0) is 26.2 Å². The lowest BCUT2D eigenvalue weighted by Gasteiger charge is -2.24. The van der Waals surface area contributed by atoms with Crippen LogP contribution in [0.5, 0.6) is 0 Å². The number of anilines is 1. The molecule has 0 radical (unpaired) electrons. The van der Waals surface area contributed by atoms with Crippen molar-refractivity contribution in [3.63, 3.8) is 0 Å². The number of nitrogens with one attached hydrogen (secondary N) is 1. The average molecular weight is 276 g/mol. The lowest BCUT2D eigenvalue weighted by atomic mass is 10.2. The quantitative estimate of drug-likeness (QED) is 0.901. The first-order chi connectivity index (χ1) is 9.66. The van der Waals surface area contributed by atoms with Crippen LogP contribution in [0, 0.1) is 0 Å². The predicted octanol–water partition coefficient (Wildman–Crippen LogP) is 1.17. The van der Waals surface area contributed by atoms with Gasteiger partial charge in [-0.2, -0.15) is 0 Å². The summed E-state index contributed by atoms with van der Waals surface area (Å²) in [4.78, 5) is 30.0. The molecule has 0 saturated carbocycles. The molecule has 6 heteroatoms. The van der Waals surface area contributed by atoms with E-state index in [9.17, 15) is 9.59 Å². The highest BCUT2D eigenvalue weighted by Gasteiger charge is 2.30. The Balaban J connectivity index is 1.69. The number of amides is 2. The topological polar surface area (TPSA) is 67.2 Å². The maximum absolute atomic E-state index is 12.3. The smallest absolute Gasteiger partial charge is 0.248 e. The summed E-state index contributed by atoms with van der Waals surface area (Å²) in [6, 6.07) is -0.417. The molecule has 0 aromatic carbocycles. The second-order valence-electron chi connectivity index (χ2n) is 5.52. The van der Waals surface area contributed by atoms with Crippen LogP contribution in [-0.4, -0.2) is 38.9 Å². The second kappa shape index (κ2) is 5.26. The van der Waals surface area contributed by atoms with Crippen LogP contribution in [-0.2, 0) is 22.6 Å². The Morgan fingerprint density at radius 3 is 2.90 bits per heavy atom. The number of hydrogen-bond acceptors (Lipinski definition) is 3.